The van der Waals surface area contributed by atoms with Crippen LogP contribution in [-0.2, 0) is 19.1 Å². The Bertz CT molecular complexity index is 292. The molecule has 1 aliphatic heterocycles. The number of hydrogen-bond donors (Lipinski definition) is 0. The first kappa shape index (κ1) is 16.3. The molecule has 1 aliphatic rings. The number of carbonyl (C=O) groups is 2. The molecule has 0 bridgehead atoms. The average molecular weight is 289 g/mol. The summed E-state index contributed by atoms with van der Waals surface area (Å²) in [7, 11) is 0. The monoisotopic (exact) mass is 289 g/mol. The van der Waals surface area contributed by atoms with Crippen LogP contribution >= 0.6 is 11.8 Å². The van der Waals surface area contributed by atoms with Crippen molar-refractivity contribution in [1.82, 2.24) is 4.90 Å². The van der Waals surface area contributed by atoms with Crippen LogP contribution in [0.2, 0.25) is 0 Å². The second kappa shape index (κ2) is 9.20. The summed E-state index contributed by atoms with van der Waals surface area (Å²) in [4.78, 5) is 25.5. The Hall–Kier alpha value is -0.750. The first-order valence-corrected chi connectivity index (χ1v) is 7.98. The van der Waals surface area contributed by atoms with Crippen LogP contribution in [-0.4, -0.2) is 60.7 Å². The van der Waals surface area contributed by atoms with E-state index in [9.17, 15) is 9.59 Å². The van der Waals surface area contributed by atoms with Gasteiger partial charge in [0.2, 0.25) is 0 Å². The zero-order valence-electron chi connectivity index (χ0n) is 11.7. The molecule has 0 aromatic carbocycles. The van der Waals surface area contributed by atoms with E-state index < -0.39 is 0 Å². The number of hydrogen-bond acceptors (Lipinski definition) is 6. The summed E-state index contributed by atoms with van der Waals surface area (Å²) >= 11 is 1.89. The molecule has 1 unspecified atom stereocenters. The molecule has 0 aromatic rings. The first-order valence-electron chi connectivity index (χ1n) is 6.83. The second-order valence-corrected chi connectivity index (χ2v) is 5.48. The summed E-state index contributed by atoms with van der Waals surface area (Å²) in [6, 6.07) is -0.315. The Morgan fingerprint density at radius 3 is 2.37 bits per heavy atom. The molecule has 0 aromatic heterocycles. The van der Waals surface area contributed by atoms with Crippen molar-refractivity contribution in [2.75, 3.05) is 37.8 Å². The van der Waals surface area contributed by atoms with Gasteiger partial charge in [0.1, 0.15) is 6.04 Å². The summed E-state index contributed by atoms with van der Waals surface area (Å²) in [5.41, 5.74) is 0. The molecule has 5 nitrogen and oxygen atoms in total. The van der Waals surface area contributed by atoms with Crippen molar-refractivity contribution < 1.29 is 19.1 Å². The number of ether oxygens (including phenoxy) is 2. The lowest BCUT2D eigenvalue weighted by molar-refractivity contribution is -0.150. The van der Waals surface area contributed by atoms with Gasteiger partial charge in [-0.05, 0) is 20.3 Å². The smallest absolute Gasteiger partial charge is 0.323 e. The van der Waals surface area contributed by atoms with E-state index in [0.29, 0.717) is 19.6 Å². The number of carbonyl (C=O) groups excluding carboxylic acids is 2. The fourth-order valence-corrected chi connectivity index (χ4v) is 3.00. The number of thioether (sulfide) groups is 1. The minimum Gasteiger partial charge on any atom is -0.466 e. The van der Waals surface area contributed by atoms with Crippen molar-refractivity contribution in [2.24, 2.45) is 0 Å². The van der Waals surface area contributed by atoms with Gasteiger partial charge in [0.15, 0.2) is 0 Å². The third kappa shape index (κ3) is 5.82. The standard InChI is InChI=1S/C13H23NO4S/c1-3-17-12(15)6-5-11(13(16)18-4-2)14-7-9-19-10-8-14/h11H,3-10H2,1-2H3. The van der Waals surface area contributed by atoms with Crippen molar-refractivity contribution >= 4 is 23.7 Å². The van der Waals surface area contributed by atoms with E-state index in [1.165, 1.54) is 0 Å². The van der Waals surface area contributed by atoms with Crippen molar-refractivity contribution in [2.45, 2.75) is 32.7 Å². The molecule has 6 heteroatoms. The average Bonchev–Trinajstić information content (AvgIpc) is 2.41. The van der Waals surface area contributed by atoms with Gasteiger partial charge in [-0.1, -0.05) is 0 Å². The molecule has 1 atom stereocenters. The Morgan fingerprint density at radius 2 is 1.79 bits per heavy atom. The largest absolute Gasteiger partial charge is 0.466 e. The molecule has 110 valence electrons. The predicted molar refractivity (Wildman–Crippen MR) is 75.2 cm³/mol. The molecule has 0 N–H and O–H groups in total. The van der Waals surface area contributed by atoms with Gasteiger partial charge in [-0.15, -0.1) is 0 Å². The molecular formula is C13H23NO4S. The highest BCUT2D eigenvalue weighted by molar-refractivity contribution is 7.99. The minimum absolute atomic E-state index is 0.223. The van der Waals surface area contributed by atoms with Crippen molar-refractivity contribution in [3.05, 3.63) is 0 Å². The van der Waals surface area contributed by atoms with E-state index in [2.05, 4.69) is 4.90 Å². The summed E-state index contributed by atoms with van der Waals surface area (Å²) in [6.45, 7) is 6.07. The normalized spacial score (nSPS) is 17.8. The zero-order chi connectivity index (χ0) is 14.1. The molecule has 0 spiro atoms. The summed E-state index contributed by atoms with van der Waals surface area (Å²) in [5, 5.41) is 0. The quantitative estimate of drug-likeness (QED) is 0.659. The summed E-state index contributed by atoms with van der Waals surface area (Å²) in [5.74, 6) is 1.58. The maximum atomic E-state index is 12.0. The maximum Gasteiger partial charge on any atom is 0.323 e. The highest BCUT2D eigenvalue weighted by atomic mass is 32.2. The van der Waals surface area contributed by atoms with Crippen LogP contribution in [0.3, 0.4) is 0 Å². The van der Waals surface area contributed by atoms with Gasteiger partial charge < -0.3 is 9.47 Å². The van der Waals surface area contributed by atoms with Crippen molar-refractivity contribution in [1.29, 1.82) is 0 Å². The first-order chi connectivity index (χ1) is 9.19. The van der Waals surface area contributed by atoms with Crippen LogP contribution in [0.25, 0.3) is 0 Å². The number of esters is 2. The molecule has 19 heavy (non-hydrogen) atoms. The fraction of sp³-hybridized carbons (Fsp3) is 0.846. The van der Waals surface area contributed by atoms with E-state index >= 15 is 0 Å². The van der Waals surface area contributed by atoms with Gasteiger partial charge in [0, 0.05) is 31.0 Å². The second-order valence-electron chi connectivity index (χ2n) is 4.26. The molecule has 0 aliphatic carbocycles. The lowest BCUT2D eigenvalue weighted by atomic mass is 10.1. The van der Waals surface area contributed by atoms with Gasteiger partial charge >= 0.3 is 11.9 Å². The third-order valence-electron chi connectivity index (χ3n) is 2.97. The SMILES string of the molecule is CCOC(=O)CCC(C(=O)OCC)N1CCSCC1. The zero-order valence-corrected chi connectivity index (χ0v) is 12.5. The molecule has 0 saturated carbocycles. The van der Waals surface area contributed by atoms with Crippen LogP contribution in [0.15, 0.2) is 0 Å². The van der Waals surface area contributed by atoms with E-state index in [-0.39, 0.29) is 24.4 Å². The molecule has 1 rings (SSSR count). The van der Waals surface area contributed by atoms with E-state index in [4.69, 9.17) is 9.47 Å². The Morgan fingerprint density at radius 1 is 1.16 bits per heavy atom. The van der Waals surface area contributed by atoms with E-state index in [0.717, 1.165) is 24.6 Å². The third-order valence-corrected chi connectivity index (χ3v) is 3.91. The molecular weight excluding hydrogens is 266 g/mol. The lowest BCUT2D eigenvalue weighted by Gasteiger charge is -2.32. The summed E-state index contributed by atoms with van der Waals surface area (Å²) < 4.78 is 10.0. The molecule has 0 amide bonds. The van der Waals surface area contributed by atoms with E-state index in [1.54, 1.807) is 13.8 Å². The fourth-order valence-electron chi connectivity index (χ4n) is 2.06. The number of nitrogens with zero attached hydrogens (tertiary/aromatic N) is 1. The van der Waals surface area contributed by atoms with Gasteiger partial charge in [0.05, 0.1) is 13.2 Å². The predicted octanol–water partition coefficient (Wildman–Crippen LogP) is 1.31. The maximum absolute atomic E-state index is 12.0. The molecule has 1 heterocycles. The topological polar surface area (TPSA) is 55.8 Å². The Balaban J connectivity index is 2.52. The lowest BCUT2D eigenvalue weighted by Crippen LogP contribution is -2.46. The van der Waals surface area contributed by atoms with Crippen LogP contribution in [0.1, 0.15) is 26.7 Å². The van der Waals surface area contributed by atoms with Crippen LogP contribution < -0.4 is 0 Å². The van der Waals surface area contributed by atoms with Crippen LogP contribution in [0.4, 0.5) is 0 Å². The van der Waals surface area contributed by atoms with Gasteiger partial charge in [-0.3, -0.25) is 14.5 Å². The Kier molecular flexibility index (Phi) is 7.90. The minimum atomic E-state index is -0.315. The van der Waals surface area contributed by atoms with E-state index in [1.807, 2.05) is 11.8 Å². The number of rotatable bonds is 7. The highest BCUT2D eigenvalue weighted by Gasteiger charge is 2.28. The van der Waals surface area contributed by atoms with Crippen molar-refractivity contribution in [3.8, 4) is 0 Å². The highest BCUT2D eigenvalue weighted by Crippen LogP contribution is 2.16. The van der Waals surface area contributed by atoms with Gasteiger partial charge in [-0.2, -0.15) is 11.8 Å². The van der Waals surface area contributed by atoms with Gasteiger partial charge in [0.25, 0.3) is 0 Å². The van der Waals surface area contributed by atoms with Crippen molar-refractivity contribution in [3.63, 3.8) is 0 Å². The van der Waals surface area contributed by atoms with Crippen LogP contribution in [0, 0.1) is 0 Å². The molecule has 1 fully saturated rings. The summed E-state index contributed by atoms with van der Waals surface area (Å²) in [6.07, 6.45) is 0.739. The molecule has 1 saturated heterocycles. The Labute approximate surface area is 119 Å². The van der Waals surface area contributed by atoms with Crippen LogP contribution in [0.5, 0.6) is 0 Å². The molecule has 0 radical (unpaired) electrons. The van der Waals surface area contributed by atoms with Gasteiger partial charge in [-0.25, -0.2) is 0 Å².